The van der Waals surface area contributed by atoms with Gasteiger partial charge < -0.3 is 60.6 Å². The molecule has 1 spiro atoms. The molecule has 4 fully saturated rings. The molecule has 6 amide bonds. The van der Waals surface area contributed by atoms with Crippen LogP contribution in [0.25, 0.3) is 0 Å². The van der Waals surface area contributed by atoms with E-state index in [-0.39, 0.29) is 78.9 Å². The van der Waals surface area contributed by atoms with E-state index < -0.39 is 24.3 Å². The summed E-state index contributed by atoms with van der Waals surface area (Å²) in [5.41, 5.74) is 12.2. The van der Waals surface area contributed by atoms with Crippen LogP contribution < -0.4 is 31.3 Å². The zero-order valence-corrected chi connectivity index (χ0v) is 44.1. The lowest BCUT2D eigenvalue weighted by Crippen LogP contribution is -2.73. The molecule has 3 aromatic rings. The van der Waals surface area contributed by atoms with Crippen molar-refractivity contribution in [2.75, 3.05) is 90.9 Å². The molecule has 6 N–H and O–H groups in total. The number of anilines is 1. The minimum Gasteiger partial charge on any atom is -0.504 e. The highest BCUT2D eigenvalue weighted by Crippen LogP contribution is 2.68. The van der Waals surface area contributed by atoms with Gasteiger partial charge >= 0.3 is 0 Å². The summed E-state index contributed by atoms with van der Waals surface area (Å²) in [6, 6.07) is 17.5. The van der Waals surface area contributed by atoms with E-state index in [0.717, 1.165) is 93.5 Å². The number of rotatable bonds is 20. The molecule has 0 radical (unpaired) electrons. The molecule has 4 aliphatic heterocycles. The van der Waals surface area contributed by atoms with Crippen LogP contribution in [-0.4, -0.2) is 159 Å². The van der Waals surface area contributed by atoms with E-state index in [2.05, 4.69) is 65.7 Å². The Balaban J connectivity index is 0.647. The largest absolute Gasteiger partial charge is 0.504 e. The topological polar surface area (TPSA) is 225 Å². The predicted octanol–water partition coefficient (Wildman–Crippen LogP) is 3.49. The van der Waals surface area contributed by atoms with E-state index in [9.17, 15) is 33.9 Å². The normalized spacial score (nSPS) is 24.4. The SMILES string of the molecule is Cc1ccc(N(CCCN2CCC(Cc3ccc(C(N)=O)cc3)CC2)C(=O)C2CCN(C(=O)COCC(=O)NCNC(=O)COCC(=O)N[C@H]3CC[C@@]4(C)C5Cc6ccc(O)c7c6C4(CCN5C)[C@H]3O7)CC2)cc1C. The molecule has 5 atom stereocenters. The third kappa shape index (κ3) is 11.4. The molecule has 18 nitrogen and oxygen atoms in total. The Labute approximate surface area is 440 Å². The molecule has 2 aliphatic carbocycles. The molecular weight excluding hydrogens is 957 g/mol. The fourth-order valence-corrected chi connectivity index (χ4v) is 13.4. The molecule has 404 valence electrons. The number of nitrogens with two attached hydrogens (primary N) is 1. The summed E-state index contributed by atoms with van der Waals surface area (Å²) in [5.74, 6) is -1.01. The summed E-state index contributed by atoms with van der Waals surface area (Å²) in [5, 5.41) is 19.1. The maximum Gasteiger partial charge on any atom is 0.248 e. The van der Waals surface area contributed by atoms with E-state index in [1.165, 1.54) is 11.1 Å². The van der Waals surface area contributed by atoms with Gasteiger partial charge in [0.15, 0.2) is 11.5 Å². The highest BCUT2D eigenvalue weighted by atomic mass is 16.5. The van der Waals surface area contributed by atoms with E-state index in [1.54, 1.807) is 23.1 Å². The van der Waals surface area contributed by atoms with Crippen molar-refractivity contribution >= 4 is 41.1 Å². The molecule has 3 aromatic carbocycles. The number of phenols is 1. The number of aromatic hydroxyl groups is 1. The van der Waals surface area contributed by atoms with E-state index in [0.29, 0.717) is 62.2 Å². The van der Waals surface area contributed by atoms with E-state index in [1.807, 2.05) is 29.2 Å². The lowest BCUT2D eigenvalue weighted by atomic mass is 9.43. The van der Waals surface area contributed by atoms with Gasteiger partial charge in [0.05, 0.1) is 12.7 Å². The van der Waals surface area contributed by atoms with Crippen LogP contribution in [0.4, 0.5) is 5.69 Å². The number of primary amides is 1. The molecule has 2 unspecified atom stereocenters. The molecule has 0 aromatic heterocycles. The number of benzene rings is 3. The first kappa shape index (κ1) is 53.7. The quantitative estimate of drug-likeness (QED) is 0.103. The van der Waals surface area contributed by atoms with Gasteiger partial charge in [0.25, 0.3) is 0 Å². The predicted molar refractivity (Wildman–Crippen MR) is 281 cm³/mol. The van der Waals surface area contributed by atoms with Crippen LogP contribution in [0.1, 0.15) is 96.5 Å². The molecule has 2 bridgehead atoms. The number of aryl methyl sites for hydroxylation is 2. The highest BCUT2D eigenvalue weighted by molar-refractivity contribution is 5.95. The Kier molecular flexibility index (Phi) is 16.5. The van der Waals surface area contributed by atoms with Gasteiger partial charge in [-0.1, -0.05) is 31.2 Å². The van der Waals surface area contributed by atoms with Crippen molar-refractivity contribution in [2.45, 2.75) is 109 Å². The van der Waals surface area contributed by atoms with E-state index >= 15 is 0 Å². The molecule has 3 saturated heterocycles. The number of carbonyl (C=O) groups excluding carboxylic acids is 6. The number of phenolic OH excluding ortho intramolecular Hbond substituents is 1. The van der Waals surface area contributed by atoms with Gasteiger partial charge in [-0.05, 0) is 175 Å². The maximum atomic E-state index is 14.2. The van der Waals surface area contributed by atoms with Crippen LogP contribution in [0.2, 0.25) is 0 Å². The molecule has 18 heteroatoms. The smallest absolute Gasteiger partial charge is 0.248 e. The number of nitrogens with one attached hydrogen (secondary N) is 3. The summed E-state index contributed by atoms with van der Waals surface area (Å²) < 4.78 is 17.5. The fourth-order valence-electron chi connectivity index (χ4n) is 13.4. The van der Waals surface area contributed by atoms with Crippen LogP contribution >= 0.6 is 0 Å². The summed E-state index contributed by atoms with van der Waals surface area (Å²) >= 11 is 0. The van der Waals surface area contributed by atoms with Crippen LogP contribution in [0.15, 0.2) is 54.6 Å². The van der Waals surface area contributed by atoms with Crippen molar-refractivity contribution in [3.8, 4) is 11.5 Å². The van der Waals surface area contributed by atoms with Crippen LogP contribution in [-0.2, 0) is 51.7 Å². The van der Waals surface area contributed by atoms with Crippen LogP contribution in [0.5, 0.6) is 11.5 Å². The number of nitrogens with zero attached hydrogens (tertiary/aromatic N) is 4. The maximum absolute atomic E-state index is 14.2. The number of ether oxygens (including phenoxy) is 3. The number of hydrogen-bond acceptors (Lipinski definition) is 12. The van der Waals surface area contributed by atoms with E-state index in [4.69, 9.17) is 19.9 Å². The summed E-state index contributed by atoms with van der Waals surface area (Å²) in [6.07, 6.45) is 8.06. The molecule has 4 heterocycles. The number of amides is 6. The minimum atomic E-state index is -0.529. The first-order valence-electron chi connectivity index (χ1n) is 27.0. The molecule has 1 saturated carbocycles. The van der Waals surface area contributed by atoms with Gasteiger partial charge in [0.2, 0.25) is 35.4 Å². The lowest BCUT2D eigenvalue weighted by Gasteiger charge is -2.65. The van der Waals surface area contributed by atoms with Crippen molar-refractivity contribution in [1.82, 2.24) is 30.7 Å². The highest BCUT2D eigenvalue weighted by Gasteiger charge is 2.71. The van der Waals surface area contributed by atoms with Crippen molar-refractivity contribution in [3.63, 3.8) is 0 Å². The van der Waals surface area contributed by atoms with Gasteiger partial charge in [-0.2, -0.15) is 0 Å². The number of carbonyl (C=O) groups is 6. The zero-order valence-electron chi connectivity index (χ0n) is 44.1. The number of likely N-dealkylation sites (N-methyl/N-ethyl adjacent to an activating group) is 1. The number of likely N-dealkylation sites (tertiary alicyclic amines) is 3. The first-order valence-corrected chi connectivity index (χ1v) is 27.0. The van der Waals surface area contributed by atoms with Crippen molar-refractivity contribution in [2.24, 2.45) is 23.0 Å². The van der Waals surface area contributed by atoms with Crippen molar-refractivity contribution < 1.29 is 48.1 Å². The Bertz CT molecular complexity index is 2610. The fraction of sp³-hybridized carbons (Fsp3) is 0.579. The van der Waals surface area contributed by atoms with Crippen LogP contribution in [0.3, 0.4) is 0 Å². The average Bonchev–Trinajstić information content (AvgIpc) is 3.90. The minimum absolute atomic E-state index is 0.0710. The Morgan fingerprint density at radius 1 is 0.813 bits per heavy atom. The Hall–Kier alpha value is -6.08. The third-order valence-corrected chi connectivity index (χ3v) is 17.7. The Morgan fingerprint density at radius 2 is 1.51 bits per heavy atom. The number of hydrogen-bond donors (Lipinski definition) is 5. The summed E-state index contributed by atoms with van der Waals surface area (Å²) in [4.78, 5) is 85.6. The summed E-state index contributed by atoms with van der Waals surface area (Å²) in [7, 11) is 2.18. The molecular formula is C57H76N8O10. The van der Waals surface area contributed by atoms with Gasteiger partial charge in [-0.15, -0.1) is 0 Å². The van der Waals surface area contributed by atoms with Gasteiger partial charge in [-0.25, -0.2) is 0 Å². The standard InChI is InChI=1S/C57H76N8O10/c1-36-6-12-43(28-37(36)2)65(22-5-21-63-23-15-39(16-24-63)29-38-7-9-40(10-8-38)54(58)71)55(72)41-17-25-64(26-18-41)50(70)34-74-32-48(68)60-35-59-47(67)31-73-33-49(69)61-44-14-19-56(3)46-30-42-11-13-45(66)52-51(42)57(56,53(44)75-52)20-27-62(46)4/h6-13,28,39,41,44,46,53,66H,5,14-27,29-35H2,1-4H3,(H2,58,71)(H,59,67)(H,60,68)(H,61,69)/t44-,46?,53-,56-,57?/m0/s1. The average molecular weight is 1030 g/mol. The second kappa shape index (κ2) is 23.0. The van der Waals surface area contributed by atoms with Crippen LogP contribution in [0, 0.1) is 31.1 Å². The Morgan fingerprint density at radius 3 is 2.20 bits per heavy atom. The van der Waals surface area contributed by atoms with Crippen molar-refractivity contribution in [1.29, 1.82) is 0 Å². The van der Waals surface area contributed by atoms with Gasteiger partial charge in [0.1, 0.15) is 32.5 Å². The summed E-state index contributed by atoms with van der Waals surface area (Å²) in [6.45, 7) is 10.0. The zero-order chi connectivity index (χ0) is 53.0. The van der Waals surface area contributed by atoms with Gasteiger partial charge in [0, 0.05) is 53.8 Å². The third-order valence-electron chi connectivity index (χ3n) is 17.7. The van der Waals surface area contributed by atoms with Crippen molar-refractivity contribution in [3.05, 3.63) is 88.0 Å². The monoisotopic (exact) mass is 1030 g/mol. The molecule has 6 aliphatic rings. The second-order valence-corrected chi connectivity index (χ2v) is 22.2. The molecule has 9 rings (SSSR count). The molecule has 75 heavy (non-hydrogen) atoms. The number of piperidine rings is 3. The van der Waals surface area contributed by atoms with Gasteiger partial charge in [-0.3, -0.25) is 28.8 Å². The second-order valence-electron chi connectivity index (χ2n) is 22.2. The first-order chi connectivity index (χ1) is 36.0. The lowest BCUT2D eigenvalue weighted by molar-refractivity contribution is -0.141.